The van der Waals surface area contributed by atoms with Crippen molar-refractivity contribution < 1.29 is 9.90 Å². The average Bonchev–Trinajstić information content (AvgIpc) is 2.43. The minimum atomic E-state index is -0.136. The first kappa shape index (κ1) is 15.3. The summed E-state index contributed by atoms with van der Waals surface area (Å²) in [5, 5.41) is 12.9. The minimum absolute atomic E-state index is 0.0546. The molecule has 3 nitrogen and oxygen atoms in total. The molecule has 0 spiro atoms. The van der Waals surface area contributed by atoms with Gasteiger partial charge in [0.25, 0.3) is 5.91 Å². The molecule has 1 aliphatic carbocycles. The number of halogens is 1. The van der Waals surface area contributed by atoms with Crippen molar-refractivity contribution in [1.82, 2.24) is 5.32 Å². The first-order chi connectivity index (χ1) is 9.52. The molecule has 0 saturated heterocycles. The number of amides is 1. The van der Waals surface area contributed by atoms with Crippen molar-refractivity contribution in [1.29, 1.82) is 0 Å². The molecule has 2 rings (SSSR count). The van der Waals surface area contributed by atoms with Gasteiger partial charge in [-0.15, -0.1) is 0 Å². The molecule has 0 heterocycles. The highest BCUT2D eigenvalue weighted by Crippen LogP contribution is 2.26. The number of benzene rings is 1. The molecule has 110 valence electrons. The van der Waals surface area contributed by atoms with E-state index in [1.807, 2.05) is 26.0 Å². The summed E-state index contributed by atoms with van der Waals surface area (Å²) < 4.78 is 0. The summed E-state index contributed by atoms with van der Waals surface area (Å²) in [6.45, 7) is 4.08. The number of aliphatic hydroxyl groups excluding tert-OH is 1. The number of hydrogen-bond acceptors (Lipinski definition) is 2. The Kier molecular flexibility index (Phi) is 5.06. The van der Waals surface area contributed by atoms with Crippen LogP contribution in [0.3, 0.4) is 0 Å². The lowest BCUT2D eigenvalue weighted by molar-refractivity contribution is 0.0872. The van der Waals surface area contributed by atoms with Crippen molar-refractivity contribution in [3.8, 4) is 0 Å². The highest BCUT2D eigenvalue weighted by Gasteiger charge is 2.26. The molecule has 20 heavy (non-hydrogen) atoms. The van der Waals surface area contributed by atoms with Crippen molar-refractivity contribution >= 4 is 17.5 Å². The lowest BCUT2D eigenvalue weighted by Crippen LogP contribution is -2.43. The Balaban J connectivity index is 2.13. The maximum absolute atomic E-state index is 12.4. The van der Waals surface area contributed by atoms with Crippen molar-refractivity contribution in [3.63, 3.8) is 0 Å². The van der Waals surface area contributed by atoms with Crippen LogP contribution in [0.4, 0.5) is 0 Å². The Labute approximate surface area is 125 Å². The Morgan fingerprint density at radius 1 is 1.30 bits per heavy atom. The normalized spacial score (nSPS) is 22.6. The molecule has 1 saturated carbocycles. The molecule has 0 aliphatic heterocycles. The molecular weight excluding hydrogens is 274 g/mol. The van der Waals surface area contributed by atoms with Crippen LogP contribution in [0.2, 0.25) is 5.02 Å². The van der Waals surface area contributed by atoms with Crippen LogP contribution in [0.25, 0.3) is 0 Å². The predicted molar refractivity (Wildman–Crippen MR) is 81.2 cm³/mol. The first-order valence-electron chi connectivity index (χ1n) is 7.21. The average molecular weight is 296 g/mol. The maximum atomic E-state index is 12.4. The fraction of sp³-hybridized carbons (Fsp3) is 0.562. The van der Waals surface area contributed by atoms with Crippen LogP contribution < -0.4 is 5.32 Å². The topological polar surface area (TPSA) is 49.3 Å². The lowest BCUT2D eigenvalue weighted by atomic mass is 9.85. The molecule has 1 aromatic rings. The van der Waals surface area contributed by atoms with Crippen LogP contribution in [0.1, 0.15) is 47.2 Å². The smallest absolute Gasteiger partial charge is 0.253 e. The SMILES string of the molecule is Cc1cc(Cl)c(C(=O)NC2CCCCC2CO)cc1C. The van der Waals surface area contributed by atoms with Gasteiger partial charge in [0, 0.05) is 18.6 Å². The van der Waals surface area contributed by atoms with E-state index < -0.39 is 0 Å². The van der Waals surface area contributed by atoms with Gasteiger partial charge in [-0.25, -0.2) is 0 Å². The van der Waals surface area contributed by atoms with Crippen LogP contribution in [-0.4, -0.2) is 23.7 Å². The summed E-state index contributed by atoms with van der Waals surface area (Å²) in [6, 6.07) is 3.72. The number of nitrogens with one attached hydrogen (secondary N) is 1. The van der Waals surface area contributed by atoms with Gasteiger partial charge in [-0.3, -0.25) is 4.79 Å². The number of aliphatic hydroxyl groups is 1. The lowest BCUT2D eigenvalue weighted by Gasteiger charge is -2.31. The molecule has 1 aliphatic rings. The summed E-state index contributed by atoms with van der Waals surface area (Å²) >= 11 is 6.17. The van der Waals surface area contributed by atoms with Crippen molar-refractivity contribution in [2.24, 2.45) is 5.92 Å². The number of aryl methyl sites for hydroxylation is 2. The van der Waals surface area contributed by atoms with Crippen molar-refractivity contribution in [2.75, 3.05) is 6.61 Å². The quantitative estimate of drug-likeness (QED) is 0.899. The zero-order valence-electron chi connectivity index (χ0n) is 12.1. The molecule has 1 amide bonds. The molecular formula is C16H22ClNO2. The highest BCUT2D eigenvalue weighted by molar-refractivity contribution is 6.34. The number of carbonyl (C=O) groups excluding carboxylic acids is 1. The van der Waals surface area contributed by atoms with Gasteiger partial charge in [-0.2, -0.15) is 0 Å². The predicted octanol–water partition coefficient (Wildman–Crippen LogP) is 3.24. The molecule has 0 aromatic heterocycles. The van der Waals surface area contributed by atoms with Crippen LogP contribution >= 0.6 is 11.6 Å². The van der Waals surface area contributed by atoms with Gasteiger partial charge in [0.15, 0.2) is 0 Å². The standard InChI is InChI=1S/C16H22ClNO2/c1-10-7-13(14(17)8-11(10)2)16(20)18-15-6-4-3-5-12(15)9-19/h7-8,12,15,19H,3-6,9H2,1-2H3,(H,18,20). The fourth-order valence-electron chi connectivity index (χ4n) is 2.82. The molecule has 1 aromatic carbocycles. The van der Waals surface area contributed by atoms with Crippen molar-refractivity contribution in [3.05, 3.63) is 33.8 Å². The fourth-order valence-corrected chi connectivity index (χ4v) is 3.12. The van der Waals surface area contributed by atoms with E-state index in [1.54, 1.807) is 0 Å². The molecule has 2 N–H and O–H groups in total. The van der Waals surface area contributed by atoms with Gasteiger partial charge < -0.3 is 10.4 Å². The summed E-state index contributed by atoms with van der Waals surface area (Å²) in [5.41, 5.74) is 2.66. The zero-order chi connectivity index (χ0) is 14.7. The van der Waals surface area contributed by atoms with E-state index >= 15 is 0 Å². The van der Waals surface area contributed by atoms with E-state index in [1.165, 1.54) is 0 Å². The van der Waals surface area contributed by atoms with Gasteiger partial charge in [0.2, 0.25) is 0 Å². The molecule has 2 unspecified atom stereocenters. The van der Waals surface area contributed by atoms with E-state index in [-0.39, 0.29) is 24.5 Å². The van der Waals surface area contributed by atoms with Gasteiger partial charge in [0.05, 0.1) is 10.6 Å². The van der Waals surface area contributed by atoms with Gasteiger partial charge in [-0.1, -0.05) is 24.4 Å². The Hall–Kier alpha value is -1.06. The zero-order valence-corrected chi connectivity index (χ0v) is 12.8. The van der Waals surface area contributed by atoms with Crippen LogP contribution in [0.15, 0.2) is 12.1 Å². The first-order valence-corrected chi connectivity index (χ1v) is 7.59. The van der Waals surface area contributed by atoms with Gasteiger partial charge >= 0.3 is 0 Å². The third-order valence-corrected chi connectivity index (χ3v) is 4.60. The van der Waals surface area contributed by atoms with Crippen LogP contribution in [0.5, 0.6) is 0 Å². The summed E-state index contributed by atoms with van der Waals surface area (Å²) in [4.78, 5) is 12.4. The third-order valence-electron chi connectivity index (χ3n) is 4.29. The molecule has 0 bridgehead atoms. The largest absolute Gasteiger partial charge is 0.396 e. The van der Waals surface area contributed by atoms with Gasteiger partial charge in [0.1, 0.15) is 0 Å². The van der Waals surface area contributed by atoms with Crippen LogP contribution in [0, 0.1) is 19.8 Å². The molecule has 1 fully saturated rings. The van der Waals surface area contributed by atoms with Crippen molar-refractivity contribution in [2.45, 2.75) is 45.6 Å². The summed E-state index contributed by atoms with van der Waals surface area (Å²) in [6.07, 6.45) is 4.13. The summed E-state index contributed by atoms with van der Waals surface area (Å²) in [5.74, 6) is 0.0291. The third kappa shape index (κ3) is 3.33. The Morgan fingerprint density at radius 2 is 1.95 bits per heavy atom. The number of rotatable bonds is 3. The van der Waals surface area contributed by atoms with E-state index in [4.69, 9.17) is 11.6 Å². The second-order valence-corrected chi connectivity index (χ2v) is 6.13. The highest BCUT2D eigenvalue weighted by atomic mass is 35.5. The second kappa shape index (κ2) is 6.59. The minimum Gasteiger partial charge on any atom is -0.396 e. The maximum Gasteiger partial charge on any atom is 0.253 e. The number of hydrogen-bond donors (Lipinski definition) is 2. The molecule has 4 heteroatoms. The second-order valence-electron chi connectivity index (χ2n) is 5.72. The van der Waals surface area contributed by atoms with Crippen LogP contribution in [-0.2, 0) is 0 Å². The van der Waals surface area contributed by atoms with E-state index in [9.17, 15) is 9.90 Å². The van der Waals surface area contributed by atoms with E-state index in [2.05, 4.69) is 5.32 Å². The number of carbonyl (C=O) groups is 1. The summed E-state index contributed by atoms with van der Waals surface area (Å²) in [7, 11) is 0. The monoisotopic (exact) mass is 295 g/mol. The van der Waals surface area contributed by atoms with E-state index in [0.29, 0.717) is 10.6 Å². The van der Waals surface area contributed by atoms with Gasteiger partial charge in [-0.05, 0) is 49.9 Å². The van der Waals surface area contributed by atoms with E-state index in [0.717, 1.165) is 36.8 Å². The Morgan fingerprint density at radius 3 is 2.65 bits per heavy atom. The Bertz CT molecular complexity index is 501. The molecule has 2 atom stereocenters. The molecule has 0 radical (unpaired) electrons.